The van der Waals surface area contributed by atoms with Crippen LogP contribution < -0.4 is 5.32 Å². The molecule has 1 aliphatic heterocycles. The second-order valence-corrected chi connectivity index (χ2v) is 6.49. The van der Waals surface area contributed by atoms with Crippen LogP contribution in [-0.2, 0) is 0 Å². The molecule has 9 heteroatoms. The Morgan fingerprint density at radius 3 is 2.32 bits per heavy atom. The lowest BCUT2D eigenvalue weighted by molar-refractivity contribution is 0.190. The first-order valence-electron chi connectivity index (χ1n) is 8.53. The molecule has 1 unspecified atom stereocenters. The SMILES string of the molecule is CN1CCNCC1c1noc(-c2ccc(-c3cc(F)c(F)c(F)c3)cc2)n1.Cl. The third kappa shape index (κ3) is 3.89. The van der Waals surface area contributed by atoms with Gasteiger partial charge in [0.05, 0.1) is 6.04 Å². The summed E-state index contributed by atoms with van der Waals surface area (Å²) in [4.78, 5) is 6.63. The van der Waals surface area contributed by atoms with Crippen LogP contribution in [0.25, 0.3) is 22.6 Å². The van der Waals surface area contributed by atoms with E-state index in [1.165, 1.54) is 0 Å². The molecule has 0 saturated carbocycles. The van der Waals surface area contributed by atoms with Gasteiger partial charge in [0.15, 0.2) is 23.3 Å². The molecular weight excluding hydrogens is 393 g/mol. The van der Waals surface area contributed by atoms with Crippen molar-refractivity contribution in [1.82, 2.24) is 20.4 Å². The summed E-state index contributed by atoms with van der Waals surface area (Å²) in [5.41, 5.74) is 1.48. The number of piperazine rings is 1. The monoisotopic (exact) mass is 410 g/mol. The number of likely N-dealkylation sites (N-methyl/N-ethyl adjacent to an activating group) is 1. The van der Waals surface area contributed by atoms with Gasteiger partial charge in [-0.3, -0.25) is 4.90 Å². The van der Waals surface area contributed by atoms with Gasteiger partial charge in [0.25, 0.3) is 5.89 Å². The molecular formula is C19H18ClF3N4O. The molecule has 0 aliphatic carbocycles. The largest absolute Gasteiger partial charge is 0.334 e. The maximum Gasteiger partial charge on any atom is 0.257 e. The maximum atomic E-state index is 13.4. The zero-order chi connectivity index (χ0) is 19.0. The van der Waals surface area contributed by atoms with Crippen LogP contribution in [0.3, 0.4) is 0 Å². The molecule has 5 nitrogen and oxygen atoms in total. The van der Waals surface area contributed by atoms with Gasteiger partial charge in [-0.25, -0.2) is 13.2 Å². The van der Waals surface area contributed by atoms with Crippen molar-refractivity contribution in [2.24, 2.45) is 0 Å². The standard InChI is InChI=1S/C19H17F3N4O.ClH/c1-26-7-6-23-10-16(26)18-24-19(27-25-18)12-4-2-11(3-5-12)13-8-14(20)17(22)15(21)9-13;/h2-5,8-9,16,23H,6-7,10H2,1H3;1H. The summed E-state index contributed by atoms with van der Waals surface area (Å²) >= 11 is 0. The number of nitrogens with zero attached hydrogens (tertiary/aromatic N) is 3. The number of rotatable bonds is 3. The van der Waals surface area contributed by atoms with Crippen LogP contribution in [0.5, 0.6) is 0 Å². The first-order chi connectivity index (χ1) is 13.0. The van der Waals surface area contributed by atoms with Gasteiger partial charge in [-0.15, -0.1) is 12.4 Å². The van der Waals surface area contributed by atoms with Gasteiger partial charge >= 0.3 is 0 Å². The second kappa shape index (κ2) is 8.30. The lowest BCUT2D eigenvalue weighted by Gasteiger charge is -2.30. The van der Waals surface area contributed by atoms with Gasteiger partial charge in [-0.1, -0.05) is 17.3 Å². The van der Waals surface area contributed by atoms with Gasteiger partial charge in [-0.05, 0) is 42.4 Å². The van der Waals surface area contributed by atoms with Gasteiger partial charge in [-0.2, -0.15) is 4.98 Å². The average Bonchev–Trinajstić information content (AvgIpc) is 3.16. The highest BCUT2D eigenvalue weighted by molar-refractivity contribution is 5.85. The van der Waals surface area contributed by atoms with Crippen molar-refractivity contribution >= 4 is 12.4 Å². The molecule has 148 valence electrons. The van der Waals surface area contributed by atoms with E-state index >= 15 is 0 Å². The van der Waals surface area contributed by atoms with Crippen LogP contribution in [0.2, 0.25) is 0 Å². The smallest absolute Gasteiger partial charge is 0.257 e. The quantitative estimate of drug-likeness (QED) is 0.665. The Morgan fingerprint density at radius 1 is 1.04 bits per heavy atom. The highest BCUT2D eigenvalue weighted by atomic mass is 35.5. The number of hydrogen-bond donors (Lipinski definition) is 1. The Morgan fingerprint density at radius 2 is 1.68 bits per heavy atom. The van der Waals surface area contributed by atoms with E-state index in [4.69, 9.17) is 4.52 Å². The summed E-state index contributed by atoms with van der Waals surface area (Å²) in [6.45, 7) is 2.56. The van der Waals surface area contributed by atoms with Crippen molar-refractivity contribution in [3.05, 3.63) is 59.7 Å². The fraction of sp³-hybridized carbons (Fsp3) is 0.263. The highest BCUT2D eigenvalue weighted by Gasteiger charge is 2.25. The molecule has 1 aliphatic rings. The minimum atomic E-state index is -1.48. The van der Waals surface area contributed by atoms with Crippen LogP contribution in [0, 0.1) is 17.5 Å². The van der Waals surface area contributed by atoms with Gasteiger partial charge in [0, 0.05) is 25.2 Å². The highest BCUT2D eigenvalue weighted by Crippen LogP contribution is 2.27. The van der Waals surface area contributed by atoms with Crippen molar-refractivity contribution in [3.63, 3.8) is 0 Å². The summed E-state index contributed by atoms with van der Waals surface area (Å²) in [7, 11) is 2.01. The molecule has 1 N–H and O–H groups in total. The third-order valence-electron chi connectivity index (χ3n) is 4.70. The van der Waals surface area contributed by atoms with Crippen LogP contribution in [0.1, 0.15) is 11.9 Å². The lowest BCUT2D eigenvalue weighted by Crippen LogP contribution is -2.44. The fourth-order valence-electron chi connectivity index (χ4n) is 3.11. The first kappa shape index (κ1) is 20.3. The summed E-state index contributed by atoms with van der Waals surface area (Å²) in [5, 5.41) is 7.37. The molecule has 0 bridgehead atoms. The Kier molecular flexibility index (Phi) is 6.02. The van der Waals surface area contributed by atoms with Crippen LogP contribution in [-0.4, -0.2) is 41.7 Å². The molecule has 0 radical (unpaired) electrons. The Hall–Kier alpha value is -2.42. The molecule has 4 rings (SSSR count). The predicted octanol–water partition coefficient (Wildman–Crippen LogP) is 3.82. The number of halogens is 4. The minimum absolute atomic E-state index is 0. The molecule has 2 aromatic carbocycles. The summed E-state index contributed by atoms with van der Waals surface area (Å²) in [5.74, 6) is -2.95. The Labute approximate surface area is 166 Å². The number of benzene rings is 2. The second-order valence-electron chi connectivity index (χ2n) is 6.49. The molecule has 1 atom stereocenters. The summed E-state index contributed by atoms with van der Waals surface area (Å²) in [6.07, 6.45) is 0. The summed E-state index contributed by atoms with van der Waals surface area (Å²) < 4.78 is 45.3. The number of hydrogen-bond acceptors (Lipinski definition) is 5. The van der Waals surface area contributed by atoms with Crippen molar-refractivity contribution in [2.45, 2.75) is 6.04 Å². The van der Waals surface area contributed by atoms with E-state index in [0.717, 1.165) is 31.8 Å². The minimum Gasteiger partial charge on any atom is -0.334 e. The normalized spacial score (nSPS) is 17.4. The van der Waals surface area contributed by atoms with Crippen molar-refractivity contribution < 1.29 is 17.7 Å². The fourth-order valence-corrected chi connectivity index (χ4v) is 3.11. The number of nitrogens with one attached hydrogen (secondary N) is 1. The van der Waals surface area contributed by atoms with E-state index in [0.29, 0.717) is 22.8 Å². The van der Waals surface area contributed by atoms with Gasteiger partial charge in [0.1, 0.15) is 0 Å². The van der Waals surface area contributed by atoms with E-state index in [1.807, 2.05) is 7.05 Å². The molecule has 28 heavy (non-hydrogen) atoms. The Bertz CT molecular complexity index is 941. The molecule has 1 aromatic heterocycles. The van der Waals surface area contributed by atoms with Crippen LogP contribution in [0.15, 0.2) is 40.9 Å². The molecule has 0 amide bonds. The molecule has 2 heterocycles. The molecule has 1 saturated heterocycles. The van der Waals surface area contributed by atoms with E-state index in [1.54, 1.807) is 24.3 Å². The van der Waals surface area contributed by atoms with E-state index in [9.17, 15) is 13.2 Å². The maximum absolute atomic E-state index is 13.4. The predicted molar refractivity (Wildman–Crippen MR) is 101 cm³/mol. The van der Waals surface area contributed by atoms with Crippen molar-refractivity contribution in [2.75, 3.05) is 26.7 Å². The topological polar surface area (TPSA) is 54.2 Å². The van der Waals surface area contributed by atoms with Gasteiger partial charge in [0.2, 0.25) is 0 Å². The molecule has 3 aromatic rings. The zero-order valence-electron chi connectivity index (χ0n) is 15.0. The summed E-state index contributed by atoms with van der Waals surface area (Å²) in [6, 6.07) is 8.73. The van der Waals surface area contributed by atoms with Crippen LogP contribution in [0.4, 0.5) is 13.2 Å². The van der Waals surface area contributed by atoms with E-state index in [-0.39, 0.29) is 24.0 Å². The van der Waals surface area contributed by atoms with Crippen molar-refractivity contribution in [1.29, 1.82) is 0 Å². The molecule has 1 fully saturated rings. The zero-order valence-corrected chi connectivity index (χ0v) is 15.8. The van der Waals surface area contributed by atoms with E-state index in [2.05, 4.69) is 20.4 Å². The third-order valence-corrected chi connectivity index (χ3v) is 4.70. The average molecular weight is 411 g/mol. The van der Waals surface area contributed by atoms with E-state index < -0.39 is 17.5 Å². The lowest BCUT2D eigenvalue weighted by atomic mass is 10.0. The van der Waals surface area contributed by atoms with Gasteiger partial charge < -0.3 is 9.84 Å². The first-order valence-corrected chi connectivity index (χ1v) is 8.53. The molecule has 0 spiro atoms. The van der Waals surface area contributed by atoms with Crippen molar-refractivity contribution in [3.8, 4) is 22.6 Å². The Balaban J connectivity index is 0.00000225. The van der Waals surface area contributed by atoms with Crippen LogP contribution >= 0.6 is 12.4 Å². The number of aromatic nitrogens is 2.